The summed E-state index contributed by atoms with van der Waals surface area (Å²) in [7, 11) is 0. The summed E-state index contributed by atoms with van der Waals surface area (Å²) in [4.78, 5) is 11.3. The Hall–Kier alpha value is -1.55. The molecule has 2 atom stereocenters. The van der Waals surface area contributed by atoms with Gasteiger partial charge < -0.3 is 9.84 Å². The van der Waals surface area contributed by atoms with Gasteiger partial charge in [0.2, 0.25) is 0 Å². The minimum Gasteiger partial charge on any atom is -0.444 e. The summed E-state index contributed by atoms with van der Waals surface area (Å²) in [5.41, 5.74) is 0.667. The van der Waals surface area contributed by atoms with E-state index in [1.165, 1.54) is 0 Å². The predicted octanol–water partition coefficient (Wildman–Crippen LogP) is 2.00. The fourth-order valence-corrected chi connectivity index (χ4v) is 0.936. The molecule has 4 nitrogen and oxygen atoms in total. The number of nitrogens with one attached hydrogen (secondary N) is 1. The van der Waals surface area contributed by atoms with E-state index in [-0.39, 0.29) is 0 Å². The zero-order chi connectivity index (χ0) is 11.3. The molecule has 0 aromatic heterocycles. The third kappa shape index (κ3) is 3.99. The maximum atomic E-state index is 11.3. The maximum absolute atomic E-state index is 11.3. The Balaban J connectivity index is 2.43. The molecule has 0 aliphatic carbocycles. The third-order valence-corrected chi connectivity index (χ3v) is 1.99. The Morgan fingerprint density at radius 2 is 1.93 bits per heavy atom. The lowest BCUT2D eigenvalue weighted by Crippen LogP contribution is -2.28. The van der Waals surface area contributed by atoms with E-state index in [2.05, 4.69) is 5.32 Å². The van der Waals surface area contributed by atoms with Gasteiger partial charge in [0, 0.05) is 5.69 Å². The van der Waals surface area contributed by atoms with Crippen molar-refractivity contribution in [1.82, 2.24) is 0 Å². The van der Waals surface area contributed by atoms with Gasteiger partial charge in [-0.1, -0.05) is 18.2 Å². The first kappa shape index (κ1) is 11.5. The highest BCUT2D eigenvalue weighted by Crippen LogP contribution is 2.07. The highest BCUT2D eigenvalue weighted by atomic mass is 16.6. The summed E-state index contributed by atoms with van der Waals surface area (Å²) in [6, 6.07) is 9.00. The molecule has 0 heterocycles. The average Bonchev–Trinajstić information content (AvgIpc) is 2.18. The maximum Gasteiger partial charge on any atom is 0.411 e. The Bertz CT molecular complexity index is 311. The van der Waals surface area contributed by atoms with E-state index >= 15 is 0 Å². The number of rotatable bonds is 3. The van der Waals surface area contributed by atoms with Gasteiger partial charge in [-0.15, -0.1) is 0 Å². The standard InChI is InChI=1S/C11H15NO3/c1-8(13)9(2)15-11(14)12-10-6-4-3-5-7-10/h3-9,13H,1-2H3,(H,12,14). The predicted molar refractivity (Wildman–Crippen MR) is 57.7 cm³/mol. The number of anilines is 1. The molecule has 0 aliphatic heterocycles. The van der Waals surface area contributed by atoms with Gasteiger partial charge in [0.05, 0.1) is 6.10 Å². The molecular weight excluding hydrogens is 194 g/mol. The number of ether oxygens (including phenoxy) is 1. The number of aliphatic hydroxyl groups excluding tert-OH is 1. The van der Waals surface area contributed by atoms with Gasteiger partial charge in [-0.05, 0) is 26.0 Å². The van der Waals surface area contributed by atoms with E-state index in [1.54, 1.807) is 26.0 Å². The van der Waals surface area contributed by atoms with Crippen LogP contribution in [0.1, 0.15) is 13.8 Å². The summed E-state index contributed by atoms with van der Waals surface area (Å²) in [5, 5.41) is 11.7. The summed E-state index contributed by atoms with van der Waals surface area (Å²) in [6.45, 7) is 3.20. The molecule has 0 bridgehead atoms. The fraction of sp³-hybridized carbons (Fsp3) is 0.364. The molecule has 2 N–H and O–H groups in total. The molecule has 0 fully saturated rings. The molecular formula is C11H15NO3. The van der Waals surface area contributed by atoms with Crippen molar-refractivity contribution in [2.45, 2.75) is 26.1 Å². The molecule has 82 valence electrons. The molecule has 1 aromatic rings. The number of para-hydroxylation sites is 1. The van der Waals surface area contributed by atoms with E-state index in [1.807, 2.05) is 18.2 Å². The molecule has 4 heteroatoms. The molecule has 0 aliphatic rings. The zero-order valence-corrected chi connectivity index (χ0v) is 8.81. The number of aliphatic hydroxyl groups is 1. The number of carbonyl (C=O) groups excluding carboxylic acids is 1. The van der Waals surface area contributed by atoms with Crippen molar-refractivity contribution in [2.24, 2.45) is 0 Å². The molecule has 0 saturated heterocycles. The monoisotopic (exact) mass is 209 g/mol. The second kappa shape index (κ2) is 5.36. The van der Waals surface area contributed by atoms with Crippen molar-refractivity contribution in [3.05, 3.63) is 30.3 Å². The topological polar surface area (TPSA) is 58.6 Å². The minimum atomic E-state index is -0.675. The summed E-state index contributed by atoms with van der Waals surface area (Å²) in [5.74, 6) is 0. The van der Waals surface area contributed by atoms with Crippen LogP contribution in [0.25, 0.3) is 0 Å². The van der Waals surface area contributed by atoms with Crippen LogP contribution in [0.4, 0.5) is 10.5 Å². The van der Waals surface area contributed by atoms with E-state index in [0.29, 0.717) is 5.69 Å². The van der Waals surface area contributed by atoms with Gasteiger partial charge in [-0.3, -0.25) is 5.32 Å². The molecule has 15 heavy (non-hydrogen) atoms. The lowest BCUT2D eigenvalue weighted by Gasteiger charge is -2.15. The van der Waals surface area contributed by atoms with Crippen molar-refractivity contribution in [3.63, 3.8) is 0 Å². The summed E-state index contributed by atoms with van der Waals surface area (Å²) >= 11 is 0. The van der Waals surface area contributed by atoms with Crippen molar-refractivity contribution in [1.29, 1.82) is 0 Å². The van der Waals surface area contributed by atoms with E-state index < -0.39 is 18.3 Å². The normalized spacial score (nSPS) is 14.1. The van der Waals surface area contributed by atoms with Crippen LogP contribution in [0.3, 0.4) is 0 Å². The van der Waals surface area contributed by atoms with E-state index in [9.17, 15) is 4.79 Å². The molecule has 0 spiro atoms. The highest BCUT2D eigenvalue weighted by Gasteiger charge is 2.13. The third-order valence-electron chi connectivity index (χ3n) is 1.99. The summed E-state index contributed by atoms with van der Waals surface area (Å²) < 4.78 is 4.92. The second-order valence-corrected chi connectivity index (χ2v) is 3.34. The molecule has 1 amide bonds. The van der Waals surface area contributed by atoms with Crippen LogP contribution in [-0.2, 0) is 4.74 Å². The lowest BCUT2D eigenvalue weighted by atomic mass is 10.3. The molecule has 0 saturated carbocycles. The molecule has 1 rings (SSSR count). The SMILES string of the molecule is CC(O)C(C)OC(=O)Nc1ccccc1. The Labute approximate surface area is 88.9 Å². The number of hydrogen-bond donors (Lipinski definition) is 2. The first-order chi connectivity index (χ1) is 7.09. The molecule has 0 radical (unpaired) electrons. The van der Waals surface area contributed by atoms with Crippen LogP contribution in [0.5, 0.6) is 0 Å². The van der Waals surface area contributed by atoms with Crippen molar-refractivity contribution in [2.75, 3.05) is 5.32 Å². The van der Waals surface area contributed by atoms with Gasteiger partial charge in [0.1, 0.15) is 6.10 Å². The fourth-order valence-electron chi connectivity index (χ4n) is 0.936. The van der Waals surface area contributed by atoms with E-state index in [0.717, 1.165) is 0 Å². The number of carbonyl (C=O) groups is 1. The smallest absolute Gasteiger partial charge is 0.411 e. The van der Waals surface area contributed by atoms with Crippen molar-refractivity contribution < 1.29 is 14.6 Å². The van der Waals surface area contributed by atoms with E-state index in [4.69, 9.17) is 9.84 Å². The first-order valence-corrected chi connectivity index (χ1v) is 4.80. The molecule has 2 unspecified atom stereocenters. The zero-order valence-electron chi connectivity index (χ0n) is 8.81. The average molecular weight is 209 g/mol. The van der Waals surface area contributed by atoms with Crippen molar-refractivity contribution in [3.8, 4) is 0 Å². The van der Waals surface area contributed by atoms with Crippen LogP contribution in [-0.4, -0.2) is 23.4 Å². The van der Waals surface area contributed by atoms with Gasteiger partial charge in [-0.25, -0.2) is 4.79 Å². The minimum absolute atomic E-state index is 0.520. The Morgan fingerprint density at radius 1 is 1.33 bits per heavy atom. The quantitative estimate of drug-likeness (QED) is 0.800. The Morgan fingerprint density at radius 3 is 2.47 bits per heavy atom. The second-order valence-electron chi connectivity index (χ2n) is 3.34. The lowest BCUT2D eigenvalue weighted by molar-refractivity contribution is 0.0288. The van der Waals surface area contributed by atoms with Crippen molar-refractivity contribution >= 4 is 11.8 Å². The van der Waals surface area contributed by atoms with Gasteiger partial charge in [0.25, 0.3) is 0 Å². The Kier molecular flexibility index (Phi) is 4.12. The summed E-state index contributed by atoms with van der Waals surface area (Å²) in [6.07, 6.45) is -1.75. The number of hydrogen-bond acceptors (Lipinski definition) is 3. The first-order valence-electron chi connectivity index (χ1n) is 4.80. The van der Waals surface area contributed by atoms with Crippen LogP contribution in [0.2, 0.25) is 0 Å². The number of benzene rings is 1. The largest absolute Gasteiger partial charge is 0.444 e. The van der Waals surface area contributed by atoms with Crippen LogP contribution < -0.4 is 5.32 Å². The highest BCUT2D eigenvalue weighted by molar-refractivity contribution is 5.84. The van der Waals surface area contributed by atoms with Gasteiger partial charge in [0.15, 0.2) is 0 Å². The molecule has 1 aromatic carbocycles. The van der Waals surface area contributed by atoms with Gasteiger partial charge in [-0.2, -0.15) is 0 Å². The van der Waals surface area contributed by atoms with Gasteiger partial charge >= 0.3 is 6.09 Å². The van der Waals surface area contributed by atoms with Crippen LogP contribution >= 0.6 is 0 Å². The number of amides is 1. The van der Waals surface area contributed by atoms with Crippen LogP contribution in [0, 0.1) is 0 Å². The van der Waals surface area contributed by atoms with Crippen LogP contribution in [0.15, 0.2) is 30.3 Å².